The second-order valence-electron chi connectivity index (χ2n) is 12.7. The SMILES string of the molecule is CC1=C[C@@H](c2ncc(-c3ccc(-c4ccc(B5OC(C)(C)C(C)(C)O5)c5c4C4CCC4C5)cc3)[nH]2)CC1. The molecule has 3 atom stereocenters. The summed E-state index contributed by atoms with van der Waals surface area (Å²) in [5.41, 5.74) is 10.0. The second kappa shape index (κ2) is 8.18. The van der Waals surface area contributed by atoms with E-state index in [4.69, 9.17) is 14.3 Å². The highest BCUT2D eigenvalue weighted by atomic mass is 16.7. The molecule has 0 spiro atoms. The van der Waals surface area contributed by atoms with Gasteiger partial charge in [0, 0.05) is 5.92 Å². The lowest BCUT2D eigenvalue weighted by atomic mass is 9.72. The van der Waals surface area contributed by atoms with Crippen LogP contribution in [0.4, 0.5) is 0 Å². The van der Waals surface area contributed by atoms with Gasteiger partial charge in [0.05, 0.1) is 23.1 Å². The molecule has 2 fully saturated rings. The van der Waals surface area contributed by atoms with Crippen LogP contribution in [-0.4, -0.2) is 28.3 Å². The molecule has 37 heavy (non-hydrogen) atoms. The second-order valence-corrected chi connectivity index (χ2v) is 12.7. The van der Waals surface area contributed by atoms with Crippen LogP contribution in [0.2, 0.25) is 0 Å². The Kier molecular flexibility index (Phi) is 5.20. The molecule has 7 rings (SSSR count). The van der Waals surface area contributed by atoms with E-state index in [1.807, 2.05) is 6.20 Å². The van der Waals surface area contributed by atoms with Crippen molar-refractivity contribution < 1.29 is 9.31 Å². The number of nitrogens with one attached hydrogen (secondary N) is 1. The van der Waals surface area contributed by atoms with Crippen molar-refractivity contribution in [2.75, 3.05) is 0 Å². The van der Waals surface area contributed by atoms with Crippen LogP contribution in [0.25, 0.3) is 22.4 Å². The monoisotopic (exact) mass is 492 g/mol. The molecule has 1 saturated carbocycles. The van der Waals surface area contributed by atoms with Gasteiger partial charge in [0.25, 0.3) is 0 Å². The maximum Gasteiger partial charge on any atom is 0.495 e. The summed E-state index contributed by atoms with van der Waals surface area (Å²) in [6, 6.07) is 13.6. The maximum absolute atomic E-state index is 6.49. The van der Waals surface area contributed by atoms with Gasteiger partial charge in [-0.05, 0) is 112 Å². The number of aromatic nitrogens is 2. The quantitative estimate of drug-likeness (QED) is 0.318. The van der Waals surface area contributed by atoms with Gasteiger partial charge in [0.1, 0.15) is 5.82 Å². The molecule has 4 aliphatic rings. The third-order valence-electron chi connectivity index (χ3n) is 9.94. The van der Waals surface area contributed by atoms with Crippen molar-refractivity contribution in [1.29, 1.82) is 0 Å². The molecular weight excluding hydrogens is 455 g/mol. The van der Waals surface area contributed by atoms with E-state index in [9.17, 15) is 0 Å². The molecular formula is C32H37BN2O2. The smallest absolute Gasteiger partial charge is 0.399 e. The Balaban J connectivity index is 1.20. The Morgan fingerprint density at radius 2 is 1.65 bits per heavy atom. The van der Waals surface area contributed by atoms with E-state index < -0.39 is 0 Å². The Morgan fingerprint density at radius 1 is 0.919 bits per heavy atom. The lowest BCUT2D eigenvalue weighted by molar-refractivity contribution is 0.00578. The molecule has 2 unspecified atom stereocenters. The topological polar surface area (TPSA) is 47.1 Å². The van der Waals surface area contributed by atoms with Crippen molar-refractivity contribution in [2.45, 2.75) is 89.8 Å². The van der Waals surface area contributed by atoms with E-state index in [0.29, 0.717) is 11.8 Å². The molecule has 190 valence electrons. The minimum absolute atomic E-state index is 0.291. The van der Waals surface area contributed by atoms with Crippen LogP contribution in [-0.2, 0) is 15.7 Å². The maximum atomic E-state index is 6.49. The number of rotatable bonds is 4. The Hall–Kier alpha value is -2.63. The first kappa shape index (κ1) is 23.5. The van der Waals surface area contributed by atoms with Crippen molar-refractivity contribution in [1.82, 2.24) is 9.97 Å². The predicted molar refractivity (Wildman–Crippen MR) is 150 cm³/mol. The number of H-pyrrole nitrogens is 1. The van der Waals surface area contributed by atoms with E-state index in [2.05, 4.69) is 82.1 Å². The lowest BCUT2D eigenvalue weighted by Gasteiger charge is -2.32. The fraction of sp³-hybridized carbons (Fsp3) is 0.469. The molecule has 2 aromatic carbocycles. The molecule has 3 aliphatic carbocycles. The number of aromatic amines is 1. The van der Waals surface area contributed by atoms with Crippen LogP contribution < -0.4 is 5.46 Å². The summed E-state index contributed by atoms with van der Waals surface area (Å²) < 4.78 is 13.0. The summed E-state index contributed by atoms with van der Waals surface area (Å²) in [7, 11) is -0.291. The summed E-state index contributed by atoms with van der Waals surface area (Å²) >= 11 is 0. The average molecular weight is 492 g/mol. The van der Waals surface area contributed by atoms with Crippen LogP contribution >= 0.6 is 0 Å². The fourth-order valence-corrected chi connectivity index (χ4v) is 6.84. The Labute approximate surface area is 221 Å². The highest BCUT2D eigenvalue weighted by Crippen LogP contribution is 2.54. The number of allylic oxidation sites excluding steroid dienone is 2. The Bertz CT molecular complexity index is 1380. The summed E-state index contributed by atoms with van der Waals surface area (Å²) in [5.74, 6) is 2.95. The molecule has 1 N–H and O–H groups in total. The van der Waals surface area contributed by atoms with Crippen molar-refractivity contribution in [3.8, 4) is 22.4 Å². The molecule has 5 heteroatoms. The van der Waals surface area contributed by atoms with Crippen molar-refractivity contribution in [2.24, 2.45) is 5.92 Å². The standard InChI is InChI=1S/C32H37BN2O2/c1-19-6-7-23(16-19)30-34-18-28(35-30)21-10-8-20(9-11-21)24-14-15-27(26-17-22-12-13-25(22)29(24)26)33-36-31(2,3)32(4,5)37-33/h8-11,14-16,18,22-23,25H,6-7,12-13,17H2,1-5H3,(H,34,35)/t22?,23-,25?/m0/s1. The molecule has 0 amide bonds. The minimum atomic E-state index is -0.323. The number of fused-ring (bicyclic) bond motifs is 3. The predicted octanol–water partition coefficient (Wildman–Crippen LogP) is 6.92. The molecule has 3 aromatic rings. The fourth-order valence-electron chi connectivity index (χ4n) is 6.84. The normalized spacial score (nSPS) is 27.1. The van der Waals surface area contributed by atoms with Gasteiger partial charge in [-0.15, -0.1) is 0 Å². The molecule has 0 bridgehead atoms. The van der Waals surface area contributed by atoms with Gasteiger partial charge in [-0.2, -0.15) is 0 Å². The van der Waals surface area contributed by atoms with Gasteiger partial charge >= 0.3 is 7.12 Å². The van der Waals surface area contributed by atoms with Crippen molar-refractivity contribution in [3.63, 3.8) is 0 Å². The van der Waals surface area contributed by atoms with E-state index >= 15 is 0 Å². The highest BCUT2D eigenvalue weighted by molar-refractivity contribution is 6.62. The summed E-state index contributed by atoms with van der Waals surface area (Å²) in [6.07, 6.45) is 10.5. The average Bonchev–Trinajstić information content (AvgIpc) is 3.59. The van der Waals surface area contributed by atoms with Gasteiger partial charge in [-0.25, -0.2) is 4.98 Å². The first-order chi connectivity index (χ1) is 17.7. The zero-order valence-corrected chi connectivity index (χ0v) is 22.7. The molecule has 1 saturated heterocycles. The highest BCUT2D eigenvalue weighted by Gasteiger charge is 2.53. The van der Waals surface area contributed by atoms with Crippen LogP contribution in [0.15, 0.2) is 54.2 Å². The van der Waals surface area contributed by atoms with Gasteiger partial charge in [-0.3, -0.25) is 0 Å². The number of hydrogen-bond donors (Lipinski definition) is 1. The number of benzene rings is 2. The molecule has 2 heterocycles. The molecule has 1 aromatic heterocycles. The number of nitrogens with zero attached hydrogens (tertiary/aromatic N) is 1. The van der Waals surface area contributed by atoms with Crippen LogP contribution in [0, 0.1) is 5.92 Å². The van der Waals surface area contributed by atoms with Gasteiger partial charge in [-0.1, -0.05) is 48.0 Å². The first-order valence-corrected chi connectivity index (χ1v) is 14.0. The third-order valence-corrected chi connectivity index (χ3v) is 9.94. The lowest BCUT2D eigenvalue weighted by Crippen LogP contribution is -2.41. The van der Waals surface area contributed by atoms with Crippen LogP contribution in [0.3, 0.4) is 0 Å². The molecule has 4 nitrogen and oxygen atoms in total. The summed E-state index contributed by atoms with van der Waals surface area (Å²) in [4.78, 5) is 8.29. The molecule has 1 aliphatic heterocycles. The van der Waals surface area contributed by atoms with Gasteiger partial charge in [0.2, 0.25) is 0 Å². The van der Waals surface area contributed by atoms with Crippen molar-refractivity contribution >= 4 is 12.6 Å². The van der Waals surface area contributed by atoms with Crippen LogP contribution in [0.1, 0.15) is 89.1 Å². The van der Waals surface area contributed by atoms with E-state index in [1.165, 1.54) is 52.6 Å². The number of imidazole rings is 1. The van der Waals surface area contributed by atoms with Gasteiger partial charge < -0.3 is 14.3 Å². The summed E-state index contributed by atoms with van der Waals surface area (Å²) in [6.45, 7) is 10.8. The Morgan fingerprint density at radius 3 is 2.30 bits per heavy atom. The van der Waals surface area contributed by atoms with Crippen molar-refractivity contribution in [3.05, 3.63) is 71.2 Å². The van der Waals surface area contributed by atoms with E-state index in [-0.39, 0.29) is 18.3 Å². The molecule has 0 radical (unpaired) electrons. The third kappa shape index (κ3) is 3.69. The van der Waals surface area contributed by atoms with E-state index in [0.717, 1.165) is 30.3 Å². The number of hydrogen-bond acceptors (Lipinski definition) is 3. The zero-order valence-electron chi connectivity index (χ0n) is 22.7. The zero-order chi connectivity index (χ0) is 25.5. The van der Waals surface area contributed by atoms with E-state index in [1.54, 1.807) is 5.56 Å². The minimum Gasteiger partial charge on any atom is -0.399 e. The largest absolute Gasteiger partial charge is 0.495 e. The summed E-state index contributed by atoms with van der Waals surface area (Å²) in [5, 5.41) is 0. The van der Waals surface area contributed by atoms with Crippen LogP contribution in [0.5, 0.6) is 0 Å². The van der Waals surface area contributed by atoms with Gasteiger partial charge in [0.15, 0.2) is 0 Å². The first-order valence-electron chi connectivity index (χ1n) is 14.0.